The average Bonchev–Trinajstić information content (AvgIpc) is 3.15. The minimum atomic E-state index is 0.424. The molecule has 3 heterocycles. The van der Waals surface area contributed by atoms with E-state index in [1.54, 1.807) is 11.3 Å². The molecular weight excluding hydrogens is 306 g/mol. The van der Waals surface area contributed by atoms with Crippen molar-refractivity contribution in [2.75, 3.05) is 18.0 Å². The van der Waals surface area contributed by atoms with E-state index in [2.05, 4.69) is 40.0 Å². The Morgan fingerprint density at radius 3 is 2.87 bits per heavy atom. The third-order valence-corrected chi connectivity index (χ3v) is 5.40. The van der Waals surface area contributed by atoms with E-state index in [1.165, 1.54) is 5.01 Å². The molecule has 5 nitrogen and oxygen atoms in total. The summed E-state index contributed by atoms with van der Waals surface area (Å²) in [6, 6.07) is 2.38. The fourth-order valence-electron chi connectivity index (χ4n) is 3.31. The van der Waals surface area contributed by atoms with E-state index in [1.807, 2.05) is 11.6 Å². The number of anilines is 1. The van der Waals surface area contributed by atoms with Crippen molar-refractivity contribution in [3.63, 3.8) is 0 Å². The van der Waals surface area contributed by atoms with Crippen LogP contribution in [0.1, 0.15) is 54.4 Å². The number of rotatable bonds is 4. The van der Waals surface area contributed by atoms with Gasteiger partial charge in [-0.1, -0.05) is 13.8 Å². The van der Waals surface area contributed by atoms with Gasteiger partial charge in [-0.2, -0.15) is 10.4 Å². The molecule has 3 rings (SSSR count). The second-order valence-electron chi connectivity index (χ2n) is 5.80. The van der Waals surface area contributed by atoms with Crippen LogP contribution in [-0.4, -0.2) is 28.3 Å². The maximum atomic E-state index is 9.68. The van der Waals surface area contributed by atoms with Gasteiger partial charge in [0.25, 0.3) is 0 Å². The predicted octanol–water partition coefficient (Wildman–Crippen LogP) is 3.31. The largest absolute Gasteiger partial charge is 0.353 e. The molecule has 1 fully saturated rings. The molecule has 0 saturated carbocycles. The molecule has 0 amide bonds. The van der Waals surface area contributed by atoms with Crippen molar-refractivity contribution in [3.8, 4) is 6.07 Å². The first kappa shape index (κ1) is 15.9. The quantitative estimate of drug-likeness (QED) is 0.862. The highest BCUT2D eigenvalue weighted by atomic mass is 32.1. The van der Waals surface area contributed by atoms with Gasteiger partial charge in [-0.3, -0.25) is 0 Å². The van der Waals surface area contributed by atoms with Gasteiger partial charge in [-0.05, 0) is 31.2 Å². The number of aryl methyl sites for hydroxylation is 1. The van der Waals surface area contributed by atoms with Gasteiger partial charge in [-0.15, -0.1) is 16.4 Å². The summed E-state index contributed by atoms with van der Waals surface area (Å²) in [5.74, 6) is 1.18. The monoisotopic (exact) mass is 327 g/mol. The molecule has 2 aromatic heterocycles. The summed E-state index contributed by atoms with van der Waals surface area (Å²) in [5.41, 5.74) is 2.71. The molecule has 1 atom stereocenters. The third-order valence-electron chi connectivity index (χ3n) is 4.46. The number of nitrogens with zero attached hydrogens (tertiary/aromatic N) is 5. The van der Waals surface area contributed by atoms with E-state index in [-0.39, 0.29) is 0 Å². The Bertz CT molecular complexity index is 705. The number of nitriles is 1. The lowest BCUT2D eigenvalue weighted by Gasteiger charge is -2.33. The Hall–Kier alpha value is -2.00. The van der Waals surface area contributed by atoms with E-state index < -0.39 is 0 Å². The van der Waals surface area contributed by atoms with Gasteiger partial charge in [0.05, 0.1) is 10.7 Å². The van der Waals surface area contributed by atoms with E-state index in [0.717, 1.165) is 55.8 Å². The first-order valence-corrected chi connectivity index (χ1v) is 9.09. The maximum absolute atomic E-state index is 9.68. The summed E-state index contributed by atoms with van der Waals surface area (Å²) in [6.07, 6.45) is 5.73. The highest BCUT2D eigenvalue weighted by Gasteiger charge is 2.27. The standard InChI is InChI=1S/C17H21N5S/c1-3-13-14(10-18)16(21-20-15(13)4-2)22-8-5-6-12(11-22)17-19-7-9-23-17/h7,9,12H,3-6,8,11H2,1-2H3. The van der Waals surface area contributed by atoms with Gasteiger partial charge < -0.3 is 4.90 Å². The van der Waals surface area contributed by atoms with Crippen LogP contribution in [0.15, 0.2) is 11.6 Å². The van der Waals surface area contributed by atoms with Crippen molar-refractivity contribution in [1.29, 1.82) is 5.26 Å². The van der Waals surface area contributed by atoms with Crippen LogP contribution in [0.5, 0.6) is 0 Å². The van der Waals surface area contributed by atoms with Crippen molar-refractivity contribution in [2.24, 2.45) is 0 Å². The molecule has 23 heavy (non-hydrogen) atoms. The lowest BCUT2D eigenvalue weighted by atomic mass is 9.97. The third kappa shape index (κ3) is 3.06. The van der Waals surface area contributed by atoms with Crippen LogP contribution in [0.3, 0.4) is 0 Å². The fourth-order valence-corrected chi connectivity index (χ4v) is 4.08. The molecule has 0 spiro atoms. The van der Waals surface area contributed by atoms with Gasteiger partial charge in [0.1, 0.15) is 11.6 Å². The minimum Gasteiger partial charge on any atom is -0.353 e. The second-order valence-corrected chi connectivity index (χ2v) is 6.72. The van der Waals surface area contributed by atoms with Gasteiger partial charge in [0, 0.05) is 30.6 Å². The van der Waals surface area contributed by atoms with E-state index >= 15 is 0 Å². The molecule has 0 radical (unpaired) electrons. The first-order chi connectivity index (χ1) is 11.3. The second kappa shape index (κ2) is 7.05. The summed E-state index contributed by atoms with van der Waals surface area (Å²) < 4.78 is 0. The van der Waals surface area contributed by atoms with Crippen LogP contribution in [0.4, 0.5) is 5.82 Å². The number of aromatic nitrogens is 3. The van der Waals surface area contributed by atoms with Crippen molar-refractivity contribution in [3.05, 3.63) is 33.4 Å². The summed E-state index contributed by atoms with van der Waals surface area (Å²) in [6.45, 7) is 5.93. The molecule has 1 aliphatic heterocycles. The Labute approximate surface area is 141 Å². The van der Waals surface area contributed by atoms with Crippen LogP contribution in [0.25, 0.3) is 0 Å². The van der Waals surface area contributed by atoms with E-state index in [4.69, 9.17) is 0 Å². The predicted molar refractivity (Wildman–Crippen MR) is 91.8 cm³/mol. The highest BCUT2D eigenvalue weighted by molar-refractivity contribution is 7.09. The molecule has 120 valence electrons. The van der Waals surface area contributed by atoms with Crippen LogP contribution in [0.2, 0.25) is 0 Å². The van der Waals surface area contributed by atoms with Gasteiger partial charge in [-0.25, -0.2) is 4.98 Å². The Kier molecular flexibility index (Phi) is 4.87. The number of hydrogen-bond acceptors (Lipinski definition) is 6. The molecule has 0 bridgehead atoms. The molecule has 1 saturated heterocycles. The Morgan fingerprint density at radius 2 is 2.22 bits per heavy atom. The summed E-state index contributed by atoms with van der Waals surface area (Å²) >= 11 is 1.71. The maximum Gasteiger partial charge on any atom is 0.169 e. The minimum absolute atomic E-state index is 0.424. The van der Waals surface area contributed by atoms with Crippen LogP contribution in [-0.2, 0) is 12.8 Å². The molecule has 0 aliphatic carbocycles. The van der Waals surface area contributed by atoms with E-state index in [9.17, 15) is 5.26 Å². The molecule has 2 aromatic rings. The molecular formula is C17H21N5S. The van der Waals surface area contributed by atoms with Crippen molar-refractivity contribution >= 4 is 17.2 Å². The number of hydrogen-bond donors (Lipinski definition) is 0. The van der Waals surface area contributed by atoms with Gasteiger partial charge in [0.2, 0.25) is 0 Å². The highest BCUT2D eigenvalue weighted by Crippen LogP contribution is 2.32. The normalized spacial score (nSPS) is 18.0. The topological polar surface area (TPSA) is 65.7 Å². The van der Waals surface area contributed by atoms with Crippen LogP contribution < -0.4 is 4.90 Å². The van der Waals surface area contributed by atoms with Crippen molar-refractivity contribution in [1.82, 2.24) is 15.2 Å². The lowest BCUT2D eigenvalue weighted by Crippen LogP contribution is -2.36. The smallest absolute Gasteiger partial charge is 0.169 e. The van der Waals surface area contributed by atoms with Crippen LogP contribution in [0, 0.1) is 11.3 Å². The van der Waals surface area contributed by atoms with Crippen molar-refractivity contribution in [2.45, 2.75) is 45.4 Å². The molecule has 1 unspecified atom stereocenters. The SMILES string of the molecule is CCc1nnc(N2CCCC(c3nccs3)C2)c(C#N)c1CC. The van der Waals surface area contributed by atoms with Crippen molar-refractivity contribution < 1.29 is 0 Å². The van der Waals surface area contributed by atoms with Crippen LogP contribution >= 0.6 is 11.3 Å². The zero-order valence-corrected chi connectivity index (χ0v) is 14.4. The Morgan fingerprint density at radius 1 is 1.35 bits per heavy atom. The van der Waals surface area contributed by atoms with Gasteiger partial charge >= 0.3 is 0 Å². The number of thiazole rings is 1. The summed E-state index contributed by atoms with van der Waals surface area (Å²) in [7, 11) is 0. The Balaban J connectivity index is 1.93. The zero-order valence-electron chi connectivity index (χ0n) is 13.6. The summed E-state index contributed by atoms with van der Waals surface area (Å²) in [5, 5.41) is 21.7. The first-order valence-electron chi connectivity index (χ1n) is 8.21. The van der Waals surface area contributed by atoms with Gasteiger partial charge in [0.15, 0.2) is 5.82 Å². The molecule has 1 aliphatic rings. The van der Waals surface area contributed by atoms with E-state index in [0.29, 0.717) is 11.5 Å². The summed E-state index contributed by atoms with van der Waals surface area (Å²) in [4.78, 5) is 6.68. The molecule has 0 N–H and O–H groups in total. The number of piperidine rings is 1. The average molecular weight is 327 g/mol. The lowest BCUT2D eigenvalue weighted by molar-refractivity contribution is 0.503. The zero-order chi connectivity index (χ0) is 16.2. The fraction of sp³-hybridized carbons (Fsp3) is 0.529. The molecule has 0 aromatic carbocycles. The molecule has 6 heteroatoms.